The minimum absolute atomic E-state index is 0.128. The molecule has 4 heteroatoms. The number of fused-ring (bicyclic) bond motifs is 3. The Labute approximate surface area is 121 Å². The SMILES string of the molecule is N#Cc1nc2c(nc1C#CC1CC1)-c1ccccc1C2=O. The second-order valence-corrected chi connectivity index (χ2v) is 5.15. The third-order valence-corrected chi connectivity index (χ3v) is 3.62. The average molecular weight is 271 g/mol. The topological polar surface area (TPSA) is 66.6 Å². The summed E-state index contributed by atoms with van der Waals surface area (Å²) in [5, 5.41) is 9.20. The summed E-state index contributed by atoms with van der Waals surface area (Å²) in [6, 6.07) is 9.25. The van der Waals surface area contributed by atoms with Gasteiger partial charge < -0.3 is 0 Å². The van der Waals surface area contributed by atoms with Gasteiger partial charge in [-0.1, -0.05) is 30.2 Å². The van der Waals surface area contributed by atoms with Gasteiger partial charge in [0.2, 0.25) is 5.78 Å². The van der Waals surface area contributed by atoms with E-state index in [1.54, 1.807) is 6.07 Å². The van der Waals surface area contributed by atoms with Crippen molar-refractivity contribution < 1.29 is 4.79 Å². The number of carbonyl (C=O) groups is 1. The molecule has 2 aromatic rings. The van der Waals surface area contributed by atoms with E-state index in [1.165, 1.54) is 0 Å². The van der Waals surface area contributed by atoms with Crippen molar-refractivity contribution in [2.75, 3.05) is 0 Å². The molecule has 98 valence electrons. The van der Waals surface area contributed by atoms with Crippen molar-refractivity contribution in [1.29, 1.82) is 5.26 Å². The third-order valence-electron chi connectivity index (χ3n) is 3.62. The van der Waals surface area contributed by atoms with Gasteiger partial charge >= 0.3 is 0 Å². The highest BCUT2D eigenvalue weighted by Crippen LogP contribution is 2.34. The number of nitrogens with zero attached hydrogens (tertiary/aromatic N) is 3. The molecule has 2 aliphatic carbocycles. The lowest BCUT2D eigenvalue weighted by Gasteiger charge is -2.00. The number of rotatable bonds is 0. The maximum Gasteiger partial charge on any atom is 0.214 e. The molecule has 0 bridgehead atoms. The van der Waals surface area contributed by atoms with Crippen molar-refractivity contribution in [3.63, 3.8) is 0 Å². The zero-order valence-corrected chi connectivity index (χ0v) is 11.1. The number of benzene rings is 1. The molecule has 4 rings (SSSR count). The number of nitriles is 1. The summed E-state index contributed by atoms with van der Waals surface area (Å²) in [5.41, 5.74) is 2.64. The van der Waals surface area contributed by atoms with Crippen LogP contribution in [0.15, 0.2) is 24.3 Å². The van der Waals surface area contributed by atoms with E-state index in [9.17, 15) is 10.1 Å². The van der Waals surface area contributed by atoms with Gasteiger partial charge in [0.05, 0.1) is 0 Å². The van der Waals surface area contributed by atoms with Crippen molar-refractivity contribution in [2.45, 2.75) is 12.8 Å². The zero-order chi connectivity index (χ0) is 14.4. The molecule has 1 aromatic carbocycles. The lowest BCUT2D eigenvalue weighted by molar-refractivity contribution is 0.103. The molecule has 0 radical (unpaired) electrons. The quantitative estimate of drug-likeness (QED) is 0.588. The van der Waals surface area contributed by atoms with Crippen molar-refractivity contribution in [1.82, 2.24) is 9.97 Å². The van der Waals surface area contributed by atoms with E-state index in [2.05, 4.69) is 21.8 Å². The molecule has 1 heterocycles. The maximum atomic E-state index is 12.3. The van der Waals surface area contributed by atoms with Crippen LogP contribution in [-0.4, -0.2) is 15.8 Å². The van der Waals surface area contributed by atoms with Crippen LogP contribution in [0, 0.1) is 29.1 Å². The summed E-state index contributed by atoms with van der Waals surface area (Å²) in [7, 11) is 0. The summed E-state index contributed by atoms with van der Waals surface area (Å²) < 4.78 is 0. The number of carbonyl (C=O) groups excluding carboxylic acids is 1. The first-order chi connectivity index (χ1) is 10.3. The van der Waals surface area contributed by atoms with Gasteiger partial charge in [-0.2, -0.15) is 5.26 Å². The third kappa shape index (κ3) is 1.81. The molecule has 0 amide bonds. The standard InChI is InChI=1S/C17H9N3O/c18-9-14-13(8-7-10-5-6-10)19-15-11-3-1-2-4-12(11)17(21)16(15)20-14/h1-4,10H,5-6H2. The fraction of sp³-hybridized carbons (Fsp3) is 0.176. The average Bonchev–Trinajstić information content (AvgIpc) is 3.31. The molecule has 0 saturated heterocycles. The smallest absolute Gasteiger partial charge is 0.214 e. The molecule has 0 atom stereocenters. The maximum absolute atomic E-state index is 12.3. The largest absolute Gasteiger partial charge is 0.287 e. The van der Waals surface area contributed by atoms with Gasteiger partial charge in [0.15, 0.2) is 5.69 Å². The fourth-order valence-electron chi connectivity index (χ4n) is 2.36. The Hall–Kier alpha value is -2.98. The summed E-state index contributed by atoms with van der Waals surface area (Å²) >= 11 is 0. The van der Waals surface area contributed by atoms with Gasteiger partial charge in [-0.05, 0) is 18.8 Å². The molecule has 2 aliphatic rings. The Morgan fingerprint density at radius 1 is 1.05 bits per heavy atom. The van der Waals surface area contributed by atoms with Crippen LogP contribution in [0.4, 0.5) is 0 Å². The first-order valence-corrected chi connectivity index (χ1v) is 6.75. The molecule has 1 fully saturated rings. The Balaban J connectivity index is 1.93. The monoisotopic (exact) mass is 271 g/mol. The van der Waals surface area contributed by atoms with E-state index in [1.807, 2.05) is 24.3 Å². The van der Waals surface area contributed by atoms with Crippen LogP contribution in [0.1, 0.15) is 40.3 Å². The van der Waals surface area contributed by atoms with Crippen LogP contribution in [-0.2, 0) is 0 Å². The van der Waals surface area contributed by atoms with E-state index in [-0.39, 0.29) is 17.2 Å². The summed E-state index contributed by atoms with van der Waals surface area (Å²) in [4.78, 5) is 20.9. The predicted molar refractivity (Wildman–Crippen MR) is 75.2 cm³/mol. The van der Waals surface area contributed by atoms with Gasteiger partial charge in [0.25, 0.3) is 0 Å². The van der Waals surface area contributed by atoms with Crippen molar-refractivity contribution >= 4 is 5.78 Å². The molecule has 1 saturated carbocycles. The van der Waals surface area contributed by atoms with Gasteiger partial charge in [0.1, 0.15) is 23.2 Å². The van der Waals surface area contributed by atoms with E-state index < -0.39 is 0 Å². The zero-order valence-electron chi connectivity index (χ0n) is 11.1. The lowest BCUT2D eigenvalue weighted by atomic mass is 10.1. The minimum atomic E-state index is -0.175. The van der Waals surface area contributed by atoms with Crippen molar-refractivity contribution in [3.05, 3.63) is 46.9 Å². The van der Waals surface area contributed by atoms with Crippen molar-refractivity contribution in [3.8, 4) is 29.2 Å². The number of hydrogen-bond acceptors (Lipinski definition) is 4. The second-order valence-electron chi connectivity index (χ2n) is 5.15. The Kier molecular flexibility index (Phi) is 2.40. The molecular weight excluding hydrogens is 262 g/mol. The molecule has 0 spiro atoms. The van der Waals surface area contributed by atoms with E-state index >= 15 is 0 Å². The van der Waals surface area contributed by atoms with Crippen LogP contribution in [0.2, 0.25) is 0 Å². The van der Waals surface area contributed by atoms with Gasteiger partial charge in [-0.3, -0.25) is 4.79 Å². The first-order valence-electron chi connectivity index (χ1n) is 6.75. The second kappa shape index (κ2) is 4.26. The fourth-order valence-corrected chi connectivity index (χ4v) is 2.36. The van der Waals surface area contributed by atoms with Crippen LogP contribution in [0.5, 0.6) is 0 Å². The highest BCUT2D eigenvalue weighted by atomic mass is 16.1. The number of ketones is 1. The lowest BCUT2D eigenvalue weighted by Crippen LogP contribution is -2.04. The van der Waals surface area contributed by atoms with Crippen LogP contribution in [0.25, 0.3) is 11.3 Å². The normalized spacial score (nSPS) is 14.7. The Morgan fingerprint density at radius 3 is 2.48 bits per heavy atom. The summed E-state index contributed by atoms with van der Waals surface area (Å²) in [6.45, 7) is 0. The number of hydrogen-bond donors (Lipinski definition) is 0. The Bertz CT molecular complexity index is 892. The molecule has 0 unspecified atom stereocenters. The summed E-state index contributed by atoms with van der Waals surface area (Å²) in [5.74, 6) is 6.27. The van der Waals surface area contributed by atoms with Gasteiger partial charge in [-0.25, -0.2) is 9.97 Å². The molecule has 4 nitrogen and oxygen atoms in total. The first kappa shape index (κ1) is 11.8. The molecule has 0 N–H and O–H groups in total. The molecule has 1 aromatic heterocycles. The van der Waals surface area contributed by atoms with E-state index in [4.69, 9.17) is 0 Å². The van der Waals surface area contributed by atoms with Crippen molar-refractivity contribution in [2.24, 2.45) is 5.92 Å². The van der Waals surface area contributed by atoms with Crippen LogP contribution < -0.4 is 0 Å². The number of aromatic nitrogens is 2. The predicted octanol–water partition coefficient (Wildman–Crippen LogP) is 2.32. The highest BCUT2D eigenvalue weighted by Gasteiger charge is 2.30. The molecule has 0 aliphatic heterocycles. The summed E-state index contributed by atoms with van der Waals surface area (Å²) in [6.07, 6.45) is 2.21. The van der Waals surface area contributed by atoms with Gasteiger partial charge in [0, 0.05) is 17.0 Å². The molecule has 21 heavy (non-hydrogen) atoms. The van der Waals surface area contributed by atoms with E-state index in [0.717, 1.165) is 18.4 Å². The Morgan fingerprint density at radius 2 is 1.76 bits per heavy atom. The van der Waals surface area contributed by atoms with Crippen LogP contribution in [0.3, 0.4) is 0 Å². The minimum Gasteiger partial charge on any atom is -0.287 e. The molecular formula is C17H9N3O. The van der Waals surface area contributed by atoms with E-state index in [0.29, 0.717) is 22.9 Å². The van der Waals surface area contributed by atoms with Crippen LogP contribution >= 0.6 is 0 Å². The van der Waals surface area contributed by atoms with Gasteiger partial charge in [-0.15, -0.1) is 0 Å². The highest BCUT2D eigenvalue weighted by molar-refractivity contribution is 6.19.